The number of methoxy groups -OCH3 is 1. The molecule has 5 rings (SSSR count). The predicted octanol–water partition coefficient (Wildman–Crippen LogP) is 4.07. The summed E-state index contributed by atoms with van der Waals surface area (Å²) in [6, 6.07) is 4.59. The minimum atomic E-state index is -0.470. The second-order valence-electron chi connectivity index (χ2n) is 9.19. The van der Waals surface area contributed by atoms with Crippen molar-refractivity contribution in [3.63, 3.8) is 0 Å². The Morgan fingerprint density at radius 2 is 1.93 bits per heavy atom. The highest BCUT2D eigenvalue weighted by molar-refractivity contribution is 9.10. The molecule has 158 valence electrons. The van der Waals surface area contributed by atoms with Crippen LogP contribution in [0.25, 0.3) is 0 Å². The van der Waals surface area contributed by atoms with Gasteiger partial charge in [-0.1, -0.05) is 22.0 Å². The molecule has 29 heavy (non-hydrogen) atoms. The topological polar surface area (TPSA) is 55.8 Å². The summed E-state index contributed by atoms with van der Waals surface area (Å²) in [5.74, 6) is 0.318. The first-order chi connectivity index (χ1) is 13.7. The van der Waals surface area contributed by atoms with Crippen LogP contribution in [0.4, 0.5) is 4.39 Å². The van der Waals surface area contributed by atoms with Crippen LogP contribution < -0.4 is 4.74 Å². The zero-order chi connectivity index (χ0) is 20.8. The molecule has 2 unspecified atom stereocenters. The smallest absolute Gasteiger partial charge is 0.312 e. The third-order valence-corrected chi connectivity index (χ3v) is 7.74. The minimum absolute atomic E-state index is 0.0648. The number of carbonyl (C=O) groups excluding carboxylic acids is 2. The average molecular weight is 468 g/mol. The monoisotopic (exact) mass is 467 g/mol. The van der Waals surface area contributed by atoms with Gasteiger partial charge in [0, 0.05) is 17.9 Å². The van der Waals surface area contributed by atoms with E-state index in [-0.39, 0.29) is 35.1 Å². The van der Waals surface area contributed by atoms with E-state index in [1.165, 1.54) is 30.6 Å². The van der Waals surface area contributed by atoms with Crippen LogP contribution in [0, 0.1) is 23.1 Å². The summed E-state index contributed by atoms with van der Waals surface area (Å²) in [6.07, 6.45) is 6.05. The molecule has 0 radical (unpaired) electrons. The third kappa shape index (κ3) is 4.03. The highest BCUT2D eigenvalue weighted by Crippen LogP contribution is 2.64. The number of halogens is 2. The molecule has 0 spiro atoms. The first-order valence-corrected chi connectivity index (χ1v) is 10.9. The lowest BCUT2D eigenvalue weighted by Gasteiger charge is -2.58. The van der Waals surface area contributed by atoms with E-state index in [2.05, 4.69) is 15.9 Å². The van der Waals surface area contributed by atoms with Gasteiger partial charge in [-0.15, -0.1) is 0 Å². The van der Waals surface area contributed by atoms with Crippen molar-refractivity contribution in [3.8, 4) is 5.75 Å². The van der Waals surface area contributed by atoms with Gasteiger partial charge in [0.1, 0.15) is 0 Å². The number of likely N-dealkylation sites (N-methyl/N-ethyl adjacent to an activating group) is 1. The standard InChI is InChI=1S/C22H27BrFNO4/c1-25(11-14-3-4-18(28-2)17(24)6-14)19(26)12-29-20(27)21-7-15-5-16(8-21)10-22(23,9-15)13-21/h3-4,6,15-16H,5,7-13H2,1-2H3. The van der Waals surface area contributed by atoms with E-state index in [1.807, 2.05) is 0 Å². The van der Waals surface area contributed by atoms with Crippen molar-refractivity contribution in [1.82, 2.24) is 4.90 Å². The van der Waals surface area contributed by atoms with Crippen LogP contribution in [-0.4, -0.2) is 41.9 Å². The molecule has 4 bridgehead atoms. The molecule has 5 nitrogen and oxygen atoms in total. The Morgan fingerprint density at radius 1 is 1.24 bits per heavy atom. The third-order valence-electron chi connectivity index (χ3n) is 6.81. The summed E-state index contributed by atoms with van der Waals surface area (Å²) in [6.45, 7) is -0.0442. The number of ether oxygens (including phenoxy) is 2. The number of amides is 1. The number of alkyl halides is 1. The molecule has 4 aliphatic carbocycles. The molecular weight excluding hydrogens is 441 g/mol. The van der Waals surface area contributed by atoms with E-state index >= 15 is 0 Å². The van der Waals surface area contributed by atoms with E-state index < -0.39 is 11.2 Å². The Hall–Kier alpha value is -1.63. The molecule has 2 atom stereocenters. The molecule has 0 aromatic heterocycles. The van der Waals surface area contributed by atoms with Gasteiger partial charge in [0.15, 0.2) is 18.2 Å². The molecule has 0 aliphatic heterocycles. The van der Waals surface area contributed by atoms with Crippen molar-refractivity contribution < 1.29 is 23.5 Å². The number of hydrogen-bond acceptors (Lipinski definition) is 4. The Bertz CT molecular complexity index is 815. The van der Waals surface area contributed by atoms with Gasteiger partial charge in [0.05, 0.1) is 12.5 Å². The average Bonchev–Trinajstić information content (AvgIpc) is 2.64. The Labute approximate surface area is 179 Å². The molecule has 1 aromatic rings. The summed E-state index contributed by atoms with van der Waals surface area (Å²) in [5, 5.41) is 0. The molecule has 1 amide bonds. The number of hydrogen-bond donors (Lipinski definition) is 0. The molecule has 4 aliphatic rings. The van der Waals surface area contributed by atoms with Crippen molar-refractivity contribution in [1.29, 1.82) is 0 Å². The van der Waals surface area contributed by atoms with Crippen LogP contribution in [0.3, 0.4) is 0 Å². The van der Waals surface area contributed by atoms with Gasteiger partial charge in [-0.2, -0.15) is 0 Å². The Kier molecular flexibility index (Phi) is 5.38. The molecule has 7 heteroatoms. The lowest BCUT2D eigenvalue weighted by molar-refractivity contribution is -0.172. The summed E-state index contributed by atoms with van der Waals surface area (Å²) < 4.78 is 24.3. The van der Waals surface area contributed by atoms with Crippen LogP contribution in [0.5, 0.6) is 5.75 Å². The molecule has 1 aromatic carbocycles. The number of carbonyl (C=O) groups is 2. The lowest BCUT2D eigenvalue weighted by atomic mass is 9.49. The second-order valence-corrected chi connectivity index (χ2v) is 10.9. The predicted molar refractivity (Wildman–Crippen MR) is 109 cm³/mol. The highest BCUT2D eigenvalue weighted by atomic mass is 79.9. The van der Waals surface area contributed by atoms with E-state index in [1.54, 1.807) is 13.1 Å². The van der Waals surface area contributed by atoms with Gasteiger partial charge in [0.25, 0.3) is 5.91 Å². The summed E-state index contributed by atoms with van der Waals surface area (Å²) in [4.78, 5) is 26.9. The largest absolute Gasteiger partial charge is 0.494 e. The maximum Gasteiger partial charge on any atom is 0.312 e. The minimum Gasteiger partial charge on any atom is -0.494 e. The number of rotatable bonds is 6. The Morgan fingerprint density at radius 3 is 2.52 bits per heavy atom. The zero-order valence-corrected chi connectivity index (χ0v) is 18.5. The van der Waals surface area contributed by atoms with E-state index in [0.717, 1.165) is 32.1 Å². The quantitative estimate of drug-likeness (QED) is 0.467. The van der Waals surface area contributed by atoms with Gasteiger partial charge in [-0.05, 0) is 68.1 Å². The van der Waals surface area contributed by atoms with Crippen molar-refractivity contribution in [2.75, 3.05) is 20.8 Å². The van der Waals surface area contributed by atoms with Crippen LogP contribution >= 0.6 is 15.9 Å². The molecule has 0 N–H and O–H groups in total. The summed E-state index contributed by atoms with van der Waals surface area (Å²) in [7, 11) is 3.03. The molecule has 0 saturated heterocycles. The molecule has 4 saturated carbocycles. The van der Waals surface area contributed by atoms with Gasteiger partial charge >= 0.3 is 5.97 Å². The van der Waals surface area contributed by atoms with Crippen LogP contribution in [0.2, 0.25) is 0 Å². The van der Waals surface area contributed by atoms with Gasteiger partial charge in [-0.3, -0.25) is 9.59 Å². The van der Waals surface area contributed by atoms with Gasteiger partial charge in [-0.25, -0.2) is 4.39 Å². The van der Waals surface area contributed by atoms with Crippen molar-refractivity contribution in [2.45, 2.75) is 49.4 Å². The number of esters is 1. The van der Waals surface area contributed by atoms with Crippen LogP contribution in [0.15, 0.2) is 18.2 Å². The normalized spacial score (nSPS) is 32.1. The van der Waals surface area contributed by atoms with E-state index in [4.69, 9.17) is 9.47 Å². The van der Waals surface area contributed by atoms with E-state index in [0.29, 0.717) is 17.4 Å². The maximum absolute atomic E-state index is 13.8. The Balaban J connectivity index is 1.33. The fourth-order valence-corrected chi connectivity index (χ4v) is 7.40. The first-order valence-electron chi connectivity index (χ1n) is 10.1. The summed E-state index contributed by atoms with van der Waals surface area (Å²) >= 11 is 3.89. The zero-order valence-electron chi connectivity index (χ0n) is 16.9. The first kappa shape index (κ1) is 20.6. The molecule has 4 fully saturated rings. The highest BCUT2D eigenvalue weighted by Gasteiger charge is 2.60. The fourth-order valence-electron chi connectivity index (χ4n) is 5.95. The summed E-state index contributed by atoms with van der Waals surface area (Å²) in [5.41, 5.74) is 0.207. The van der Waals surface area contributed by atoms with Crippen LogP contribution in [0.1, 0.15) is 44.1 Å². The fraction of sp³-hybridized carbons (Fsp3) is 0.636. The molecular formula is C22H27BrFNO4. The van der Waals surface area contributed by atoms with Gasteiger partial charge < -0.3 is 14.4 Å². The molecule has 0 heterocycles. The van der Waals surface area contributed by atoms with E-state index in [9.17, 15) is 14.0 Å². The number of benzene rings is 1. The van der Waals surface area contributed by atoms with Gasteiger partial charge in [0.2, 0.25) is 0 Å². The SMILES string of the molecule is COc1ccc(CN(C)C(=O)COC(=O)C23CC4CC(CC(Br)(C4)C2)C3)cc1F. The second kappa shape index (κ2) is 7.56. The number of nitrogens with zero attached hydrogens (tertiary/aromatic N) is 1. The van der Waals surface area contributed by atoms with Crippen molar-refractivity contribution >= 4 is 27.8 Å². The maximum atomic E-state index is 13.8. The van der Waals surface area contributed by atoms with Crippen molar-refractivity contribution in [3.05, 3.63) is 29.6 Å². The lowest BCUT2D eigenvalue weighted by Crippen LogP contribution is -2.56. The van der Waals surface area contributed by atoms with Crippen molar-refractivity contribution in [2.24, 2.45) is 17.3 Å². The van der Waals surface area contributed by atoms with Crippen LogP contribution in [-0.2, 0) is 20.9 Å².